The number of hydrogen-bond donors (Lipinski definition) is 0. The predicted octanol–water partition coefficient (Wildman–Crippen LogP) is 5.97. The molecular formula is C18H25ClF2. The molecule has 0 aromatic heterocycles. The first-order valence-corrected chi connectivity index (χ1v) is 8.29. The van der Waals surface area contributed by atoms with Crippen molar-refractivity contribution < 1.29 is 8.78 Å². The molecule has 1 aliphatic rings. The summed E-state index contributed by atoms with van der Waals surface area (Å²) in [6.45, 7) is 6.88. The van der Waals surface area contributed by atoms with E-state index >= 15 is 0 Å². The van der Waals surface area contributed by atoms with Crippen LogP contribution in [0, 0.1) is 28.4 Å². The van der Waals surface area contributed by atoms with Gasteiger partial charge in [0.15, 0.2) is 11.6 Å². The Labute approximate surface area is 131 Å². The number of hydrogen-bond acceptors (Lipinski definition) is 0. The van der Waals surface area contributed by atoms with Gasteiger partial charge in [-0.1, -0.05) is 26.8 Å². The first-order chi connectivity index (χ1) is 9.76. The fourth-order valence-corrected chi connectivity index (χ4v) is 3.90. The van der Waals surface area contributed by atoms with Crippen LogP contribution in [0.25, 0.3) is 0 Å². The molecule has 0 unspecified atom stereocenters. The van der Waals surface area contributed by atoms with Crippen molar-refractivity contribution >= 4 is 11.6 Å². The van der Waals surface area contributed by atoms with Gasteiger partial charge in [-0.25, -0.2) is 8.78 Å². The quantitative estimate of drug-likeness (QED) is 0.603. The molecule has 0 aliphatic heterocycles. The largest absolute Gasteiger partial charge is 0.204 e. The van der Waals surface area contributed by atoms with Gasteiger partial charge in [0, 0.05) is 5.88 Å². The van der Waals surface area contributed by atoms with Crippen LogP contribution in [0.15, 0.2) is 18.2 Å². The standard InChI is InChI=1S/C18H25ClF2/c1-17(2,3)14-6-8-18(12-19,9-7-14)11-13-4-5-15(20)16(21)10-13/h4-5,10,14H,6-9,11-12H2,1-3H3. The van der Waals surface area contributed by atoms with Crippen LogP contribution in [0.3, 0.4) is 0 Å². The normalized spacial score (nSPS) is 26.9. The Morgan fingerprint density at radius 2 is 1.76 bits per heavy atom. The van der Waals surface area contributed by atoms with E-state index in [0.717, 1.165) is 30.7 Å². The van der Waals surface area contributed by atoms with Crippen molar-refractivity contribution in [2.75, 3.05) is 5.88 Å². The molecule has 0 radical (unpaired) electrons. The van der Waals surface area contributed by atoms with E-state index in [1.54, 1.807) is 6.07 Å². The molecule has 0 heterocycles. The van der Waals surface area contributed by atoms with Crippen molar-refractivity contribution in [3.05, 3.63) is 35.4 Å². The third kappa shape index (κ3) is 3.97. The zero-order chi connectivity index (χ0) is 15.7. The minimum Gasteiger partial charge on any atom is -0.204 e. The molecule has 1 fully saturated rings. The molecule has 1 aliphatic carbocycles. The smallest absolute Gasteiger partial charge is 0.159 e. The summed E-state index contributed by atoms with van der Waals surface area (Å²) in [5, 5.41) is 0. The molecule has 1 aromatic rings. The molecule has 3 heteroatoms. The van der Waals surface area contributed by atoms with Gasteiger partial charge in [-0.05, 0) is 66.5 Å². The van der Waals surface area contributed by atoms with Crippen molar-refractivity contribution in [3.63, 3.8) is 0 Å². The summed E-state index contributed by atoms with van der Waals surface area (Å²) in [5.74, 6) is -0.238. The summed E-state index contributed by atoms with van der Waals surface area (Å²) in [5.41, 5.74) is 1.22. The summed E-state index contributed by atoms with van der Waals surface area (Å²) < 4.78 is 26.4. The Morgan fingerprint density at radius 3 is 2.24 bits per heavy atom. The summed E-state index contributed by atoms with van der Waals surface area (Å²) in [7, 11) is 0. The Balaban J connectivity index is 2.08. The zero-order valence-corrected chi connectivity index (χ0v) is 13.9. The molecule has 0 nitrogen and oxygen atoms in total. The van der Waals surface area contributed by atoms with Gasteiger partial charge in [0.25, 0.3) is 0 Å². The van der Waals surface area contributed by atoms with E-state index in [2.05, 4.69) is 20.8 Å². The molecule has 0 saturated heterocycles. The highest BCUT2D eigenvalue weighted by Crippen LogP contribution is 2.47. The summed E-state index contributed by atoms with van der Waals surface area (Å²) in [4.78, 5) is 0. The van der Waals surface area contributed by atoms with Gasteiger partial charge >= 0.3 is 0 Å². The van der Waals surface area contributed by atoms with E-state index < -0.39 is 11.6 Å². The molecule has 0 N–H and O–H groups in total. The van der Waals surface area contributed by atoms with Crippen LogP contribution in [0.1, 0.15) is 52.0 Å². The molecule has 0 amide bonds. The van der Waals surface area contributed by atoms with Gasteiger partial charge < -0.3 is 0 Å². The third-order valence-electron chi connectivity index (χ3n) is 5.12. The highest BCUT2D eigenvalue weighted by molar-refractivity contribution is 6.18. The summed E-state index contributed by atoms with van der Waals surface area (Å²) >= 11 is 6.25. The summed E-state index contributed by atoms with van der Waals surface area (Å²) in [6.07, 6.45) is 5.21. The second-order valence-corrected chi connectivity index (χ2v) is 7.97. The fourth-order valence-electron chi connectivity index (χ4n) is 3.54. The third-order valence-corrected chi connectivity index (χ3v) is 5.68. The minimum atomic E-state index is -0.782. The van der Waals surface area contributed by atoms with Gasteiger partial charge in [0.05, 0.1) is 0 Å². The van der Waals surface area contributed by atoms with Crippen molar-refractivity contribution in [1.29, 1.82) is 0 Å². The highest BCUT2D eigenvalue weighted by Gasteiger charge is 2.38. The minimum absolute atomic E-state index is 0.0353. The maximum atomic E-state index is 13.4. The lowest BCUT2D eigenvalue weighted by atomic mass is 9.63. The van der Waals surface area contributed by atoms with Crippen molar-refractivity contribution in [3.8, 4) is 0 Å². The van der Waals surface area contributed by atoms with Gasteiger partial charge in [-0.3, -0.25) is 0 Å². The second kappa shape index (κ2) is 6.24. The SMILES string of the molecule is CC(C)(C)C1CCC(CCl)(Cc2ccc(F)c(F)c2)CC1. The van der Waals surface area contributed by atoms with Crippen LogP contribution in [0.5, 0.6) is 0 Å². The molecular weight excluding hydrogens is 290 g/mol. The molecule has 0 bridgehead atoms. The predicted molar refractivity (Wildman–Crippen MR) is 84.6 cm³/mol. The maximum Gasteiger partial charge on any atom is 0.159 e. The molecule has 21 heavy (non-hydrogen) atoms. The van der Waals surface area contributed by atoms with Crippen LogP contribution in [0.2, 0.25) is 0 Å². The molecule has 0 atom stereocenters. The Morgan fingerprint density at radius 1 is 1.14 bits per heavy atom. The molecule has 0 spiro atoms. The number of halogens is 3. The van der Waals surface area contributed by atoms with Gasteiger partial charge in [-0.2, -0.15) is 0 Å². The van der Waals surface area contributed by atoms with Crippen LogP contribution < -0.4 is 0 Å². The molecule has 118 valence electrons. The first kappa shape index (κ1) is 16.7. The topological polar surface area (TPSA) is 0 Å². The lowest BCUT2D eigenvalue weighted by molar-refractivity contribution is 0.102. The van der Waals surface area contributed by atoms with E-state index in [0.29, 0.717) is 11.3 Å². The van der Waals surface area contributed by atoms with Crippen LogP contribution in [-0.2, 0) is 6.42 Å². The van der Waals surface area contributed by atoms with Crippen molar-refractivity contribution in [1.82, 2.24) is 0 Å². The lowest BCUT2D eigenvalue weighted by Crippen LogP contribution is -2.35. The number of alkyl halides is 1. The highest BCUT2D eigenvalue weighted by atomic mass is 35.5. The van der Waals surface area contributed by atoms with Crippen molar-refractivity contribution in [2.45, 2.75) is 52.9 Å². The first-order valence-electron chi connectivity index (χ1n) is 7.76. The Hall–Kier alpha value is -0.630. The fraction of sp³-hybridized carbons (Fsp3) is 0.667. The van der Waals surface area contributed by atoms with Gasteiger partial charge in [-0.15, -0.1) is 11.6 Å². The van der Waals surface area contributed by atoms with Gasteiger partial charge in [0.2, 0.25) is 0 Å². The van der Waals surface area contributed by atoms with Crippen LogP contribution >= 0.6 is 11.6 Å². The monoisotopic (exact) mass is 314 g/mol. The van der Waals surface area contributed by atoms with E-state index in [1.807, 2.05) is 0 Å². The van der Waals surface area contributed by atoms with E-state index in [4.69, 9.17) is 11.6 Å². The molecule has 1 saturated carbocycles. The Bertz CT molecular complexity index is 482. The maximum absolute atomic E-state index is 13.4. The average molecular weight is 315 g/mol. The Kier molecular flexibility index (Phi) is 4.97. The molecule has 2 rings (SSSR count). The van der Waals surface area contributed by atoms with E-state index in [-0.39, 0.29) is 5.41 Å². The summed E-state index contributed by atoms with van der Waals surface area (Å²) in [6, 6.07) is 4.22. The number of rotatable bonds is 3. The van der Waals surface area contributed by atoms with E-state index in [1.165, 1.54) is 25.0 Å². The van der Waals surface area contributed by atoms with Crippen molar-refractivity contribution in [2.24, 2.45) is 16.7 Å². The lowest BCUT2D eigenvalue weighted by Gasteiger charge is -2.43. The van der Waals surface area contributed by atoms with Crippen LogP contribution in [-0.4, -0.2) is 5.88 Å². The zero-order valence-electron chi connectivity index (χ0n) is 13.2. The average Bonchev–Trinajstić information content (AvgIpc) is 2.42. The van der Waals surface area contributed by atoms with Crippen LogP contribution in [0.4, 0.5) is 8.78 Å². The molecule has 1 aromatic carbocycles. The second-order valence-electron chi connectivity index (χ2n) is 7.70. The van der Waals surface area contributed by atoms with Gasteiger partial charge in [0.1, 0.15) is 0 Å². The number of benzene rings is 1. The van der Waals surface area contributed by atoms with E-state index in [9.17, 15) is 8.78 Å².